The number of alkyl halides is 2. The van der Waals surface area contributed by atoms with Gasteiger partial charge >= 0.3 is 12.6 Å². The number of hydrogen-bond donors (Lipinski definition) is 2. The molecule has 0 saturated carbocycles. The van der Waals surface area contributed by atoms with Gasteiger partial charge < -0.3 is 15.2 Å². The van der Waals surface area contributed by atoms with Crippen molar-refractivity contribution in [2.75, 3.05) is 6.54 Å². The van der Waals surface area contributed by atoms with Crippen LogP contribution in [0.2, 0.25) is 0 Å². The van der Waals surface area contributed by atoms with Crippen LogP contribution >= 0.6 is 0 Å². The maximum Gasteiger partial charge on any atom is 0.387 e. The molecule has 2 rings (SSSR count). The minimum atomic E-state index is -2.94. The molecule has 0 saturated heterocycles. The fourth-order valence-electron chi connectivity index (χ4n) is 2.48. The summed E-state index contributed by atoms with van der Waals surface area (Å²) >= 11 is 0. The summed E-state index contributed by atoms with van der Waals surface area (Å²) in [5.74, 6) is -2.32. The lowest BCUT2D eigenvalue weighted by atomic mass is 9.98. The Balaban J connectivity index is 1.95. The monoisotopic (exact) mass is 363 g/mol. The number of aliphatic carboxylic acids is 1. The van der Waals surface area contributed by atoms with E-state index in [1.165, 1.54) is 24.3 Å². The van der Waals surface area contributed by atoms with E-state index in [0.717, 1.165) is 11.1 Å². The summed E-state index contributed by atoms with van der Waals surface area (Å²) < 4.78 is 28.4. The largest absolute Gasteiger partial charge is 0.481 e. The van der Waals surface area contributed by atoms with E-state index in [4.69, 9.17) is 0 Å². The molecule has 1 amide bonds. The van der Waals surface area contributed by atoms with Crippen LogP contribution in [0.3, 0.4) is 0 Å². The molecule has 0 spiro atoms. The van der Waals surface area contributed by atoms with E-state index < -0.39 is 24.4 Å². The van der Waals surface area contributed by atoms with Gasteiger partial charge in [-0.2, -0.15) is 8.78 Å². The summed E-state index contributed by atoms with van der Waals surface area (Å²) in [6.45, 7) is -1.06. The van der Waals surface area contributed by atoms with Gasteiger partial charge in [-0.3, -0.25) is 9.59 Å². The molecule has 2 aromatic rings. The Hall–Kier alpha value is -2.96. The van der Waals surface area contributed by atoms with E-state index in [0.29, 0.717) is 6.42 Å². The molecule has 26 heavy (non-hydrogen) atoms. The van der Waals surface area contributed by atoms with E-state index in [2.05, 4.69) is 10.1 Å². The van der Waals surface area contributed by atoms with Crippen LogP contribution in [0.4, 0.5) is 8.78 Å². The molecule has 0 radical (unpaired) electrons. The van der Waals surface area contributed by atoms with Gasteiger partial charge in [0, 0.05) is 12.1 Å². The SMILES string of the molecule is Cc1cccc(CC(CNC(=O)c2ccc(OC(F)F)cc2)C(=O)O)c1. The van der Waals surface area contributed by atoms with Crippen molar-refractivity contribution in [3.8, 4) is 5.75 Å². The number of aryl methyl sites for hydroxylation is 1. The van der Waals surface area contributed by atoms with Crippen LogP contribution in [0.25, 0.3) is 0 Å². The Morgan fingerprint density at radius 3 is 2.42 bits per heavy atom. The summed E-state index contributed by atoms with van der Waals surface area (Å²) in [5.41, 5.74) is 2.13. The van der Waals surface area contributed by atoms with Gasteiger partial charge in [-0.25, -0.2) is 0 Å². The molecule has 138 valence electrons. The topological polar surface area (TPSA) is 75.6 Å². The standard InChI is InChI=1S/C19H19F2NO4/c1-12-3-2-4-13(9-12)10-15(18(24)25)11-22-17(23)14-5-7-16(8-6-14)26-19(20)21/h2-9,15,19H,10-11H2,1H3,(H,22,23)(H,24,25). The van der Waals surface area contributed by atoms with E-state index in [9.17, 15) is 23.5 Å². The highest BCUT2D eigenvalue weighted by atomic mass is 19.3. The molecule has 5 nitrogen and oxygen atoms in total. The number of ether oxygens (including phenoxy) is 1. The minimum Gasteiger partial charge on any atom is -0.481 e. The fraction of sp³-hybridized carbons (Fsp3) is 0.263. The fourth-order valence-corrected chi connectivity index (χ4v) is 2.48. The number of carboxylic acids is 1. The lowest BCUT2D eigenvalue weighted by Crippen LogP contribution is -2.34. The van der Waals surface area contributed by atoms with Gasteiger partial charge in [0.25, 0.3) is 5.91 Å². The maximum atomic E-state index is 12.1. The number of carboxylic acid groups (broad SMARTS) is 1. The van der Waals surface area contributed by atoms with Crippen molar-refractivity contribution >= 4 is 11.9 Å². The molecule has 0 aromatic heterocycles. The van der Waals surface area contributed by atoms with Crippen molar-refractivity contribution in [2.24, 2.45) is 5.92 Å². The number of rotatable bonds is 8. The molecule has 1 atom stereocenters. The normalized spacial score (nSPS) is 11.8. The van der Waals surface area contributed by atoms with Crippen LogP contribution in [0.15, 0.2) is 48.5 Å². The van der Waals surface area contributed by atoms with E-state index >= 15 is 0 Å². The van der Waals surface area contributed by atoms with Crippen LogP contribution in [-0.2, 0) is 11.2 Å². The average molecular weight is 363 g/mol. The summed E-state index contributed by atoms with van der Waals surface area (Å²) in [4.78, 5) is 23.6. The van der Waals surface area contributed by atoms with Crippen molar-refractivity contribution in [1.82, 2.24) is 5.32 Å². The molecule has 0 aliphatic heterocycles. The zero-order valence-corrected chi connectivity index (χ0v) is 14.1. The average Bonchev–Trinajstić information content (AvgIpc) is 2.58. The highest BCUT2D eigenvalue weighted by Crippen LogP contribution is 2.15. The van der Waals surface area contributed by atoms with Crippen molar-refractivity contribution in [3.63, 3.8) is 0 Å². The zero-order chi connectivity index (χ0) is 19.1. The lowest BCUT2D eigenvalue weighted by Gasteiger charge is -2.14. The Bertz CT molecular complexity index is 762. The minimum absolute atomic E-state index is 0.0443. The predicted octanol–water partition coefficient (Wildman–Crippen LogP) is 3.27. The quantitative estimate of drug-likeness (QED) is 0.755. The Morgan fingerprint density at radius 2 is 1.85 bits per heavy atom. The number of carbonyl (C=O) groups is 2. The second-order valence-corrected chi connectivity index (χ2v) is 5.84. The Kier molecular flexibility index (Phi) is 6.66. The Morgan fingerprint density at radius 1 is 1.15 bits per heavy atom. The maximum absolute atomic E-state index is 12.1. The first kappa shape index (κ1) is 19.4. The van der Waals surface area contributed by atoms with Crippen LogP contribution < -0.4 is 10.1 Å². The second kappa shape index (κ2) is 8.94. The van der Waals surface area contributed by atoms with Gasteiger partial charge in [-0.05, 0) is 43.2 Å². The number of amides is 1. The molecule has 0 fully saturated rings. The summed E-state index contributed by atoms with van der Waals surface area (Å²) in [6.07, 6.45) is 0.290. The van der Waals surface area contributed by atoms with Crippen molar-refractivity contribution < 1.29 is 28.2 Å². The second-order valence-electron chi connectivity index (χ2n) is 5.84. The third-order valence-electron chi connectivity index (χ3n) is 3.76. The number of benzene rings is 2. The third kappa shape index (κ3) is 5.84. The van der Waals surface area contributed by atoms with Crippen molar-refractivity contribution in [1.29, 1.82) is 0 Å². The Labute approximate surface area is 149 Å². The van der Waals surface area contributed by atoms with Gasteiger partial charge in [0.05, 0.1) is 5.92 Å². The highest BCUT2D eigenvalue weighted by molar-refractivity contribution is 5.94. The molecular weight excluding hydrogens is 344 g/mol. The first-order valence-electron chi connectivity index (χ1n) is 7.96. The molecule has 0 aliphatic carbocycles. The van der Waals surface area contributed by atoms with Crippen LogP contribution in [0.5, 0.6) is 5.75 Å². The first-order chi connectivity index (χ1) is 12.3. The van der Waals surface area contributed by atoms with E-state index in [-0.39, 0.29) is 17.9 Å². The molecule has 7 heteroatoms. The molecule has 2 N–H and O–H groups in total. The van der Waals surface area contributed by atoms with Crippen molar-refractivity contribution in [3.05, 3.63) is 65.2 Å². The predicted molar refractivity (Wildman–Crippen MR) is 91.4 cm³/mol. The summed E-state index contributed by atoms with van der Waals surface area (Å²) in [5, 5.41) is 11.9. The first-order valence-corrected chi connectivity index (χ1v) is 7.96. The number of nitrogens with one attached hydrogen (secondary N) is 1. The molecule has 2 aromatic carbocycles. The molecule has 0 bridgehead atoms. The van der Waals surface area contributed by atoms with Crippen LogP contribution in [0, 0.1) is 12.8 Å². The molecule has 0 heterocycles. The molecule has 0 aliphatic rings. The third-order valence-corrected chi connectivity index (χ3v) is 3.76. The smallest absolute Gasteiger partial charge is 0.387 e. The molecule has 1 unspecified atom stereocenters. The van der Waals surface area contributed by atoms with Crippen molar-refractivity contribution in [2.45, 2.75) is 20.0 Å². The highest BCUT2D eigenvalue weighted by Gasteiger charge is 2.19. The van der Waals surface area contributed by atoms with Crippen LogP contribution in [-0.4, -0.2) is 30.1 Å². The van der Waals surface area contributed by atoms with E-state index in [1.54, 1.807) is 0 Å². The summed E-state index contributed by atoms with van der Waals surface area (Å²) in [6, 6.07) is 12.7. The van der Waals surface area contributed by atoms with Crippen LogP contribution in [0.1, 0.15) is 21.5 Å². The van der Waals surface area contributed by atoms with E-state index in [1.807, 2.05) is 31.2 Å². The lowest BCUT2D eigenvalue weighted by molar-refractivity contribution is -0.141. The number of carbonyl (C=O) groups excluding carboxylic acids is 1. The van der Waals surface area contributed by atoms with Gasteiger partial charge in [-0.1, -0.05) is 29.8 Å². The summed E-state index contributed by atoms with van der Waals surface area (Å²) in [7, 11) is 0. The van der Waals surface area contributed by atoms with Gasteiger partial charge in [0.15, 0.2) is 0 Å². The number of halogens is 2. The zero-order valence-electron chi connectivity index (χ0n) is 14.1. The van der Waals surface area contributed by atoms with Gasteiger partial charge in [0.1, 0.15) is 5.75 Å². The van der Waals surface area contributed by atoms with Gasteiger partial charge in [-0.15, -0.1) is 0 Å². The molecular formula is C19H19F2NO4. The number of hydrogen-bond acceptors (Lipinski definition) is 3. The van der Waals surface area contributed by atoms with Gasteiger partial charge in [0.2, 0.25) is 0 Å².